The third-order valence-electron chi connectivity index (χ3n) is 4.42. The van der Waals surface area contributed by atoms with Gasteiger partial charge >= 0.3 is 0 Å². The van der Waals surface area contributed by atoms with E-state index in [1.54, 1.807) is 20.7 Å². The number of carbonyl (C=O) groups excluding carboxylic acids is 2. The average Bonchev–Trinajstić information content (AvgIpc) is 3.06. The van der Waals surface area contributed by atoms with Crippen LogP contribution >= 0.6 is 0 Å². The lowest BCUT2D eigenvalue weighted by atomic mass is 10.0. The van der Waals surface area contributed by atoms with E-state index in [1.165, 1.54) is 0 Å². The van der Waals surface area contributed by atoms with Crippen LogP contribution in [0.5, 0.6) is 0 Å². The lowest BCUT2D eigenvalue weighted by Crippen LogP contribution is -2.54. The van der Waals surface area contributed by atoms with E-state index in [-0.39, 0.29) is 30.3 Å². The molecule has 0 aromatic carbocycles. The highest BCUT2D eigenvalue weighted by atomic mass is 16.2. The number of carbonyl (C=O) groups is 2. The number of hydrogen-bond donors (Lipinski definition) is 1. The normalized spacial score (nSPS) is 26.5. The second kappa shape index (κ2) is 5.48. The molecular weight excluding hydrogens is 270 g/mol. The molecule has 21 heavy (non-hydrogen) atoms. The smallest absolute Gasteiger partial charge is 0.246 e. The molecule has 2 amide bonds. The molecule has 2 atom stereocenters. The van der Waals surface area contributed by atoms with Gasteiger partial charge in [0.15, 0.2) is 0 Å². The monoisotopic (exact) mass is 291 g/mol. The minimum Gasteiger partial charge on any atom is -0.331 e. The Labute approximate surface area is 123 Å². The summed E-state index contributed by atoms with van der Waals surface area (Å²) < 4.78 is 1.66. The van der Waals surface area contributed by atoms with Gasteiger partial charge in [0.2, 0.25) is 11.8 Å². The Morgan fingerprint density at radius 3 is 2.76 bits per heavy atom. The summed E-state index contributed by atoms with van der Waals surface area (Å²) in [4.78, 5) is 28.1. The molecule has 0 radical (unpaired) electrons. The van der Waals surface area contributed by atoms with Gasteiger partial charge < -0.3 is 15.5 Å². The van der Waals surface area contributed by atoms with E-state index in [0.29, 0.717) is 13.1 Å². The summed E-state index contributed by atoms with van der Waals surface area (Å²) in [7, 11) is 1.81. The largest absolute Gasteiger partial charge is 0.331 e. The summed E-state index contributed by atoms with van der Waals surface area (Å²) in [6, 6.07) is -0.0519. The van der Waals surface area contributed by atoms with Crippen LogP contribution in [0.25, 0.3) is 0 Å². The molecule has 114 valence electrons. The SMILES string of the molecule is Cn1cc(N2CCN(C(=O)[C@@H]3CCC[C@@H]3N)CC2=O)cn1. The van der Waals surface area contributed by atoms with E-state index in [1.807, 2.05) is 13.2 Å². The third-order valence-corrected chi connectivity index (χ3v) is 4.42. The number of nitrogens with zero attached hydrogens (tertiary/aromatic N) is 4. The minimum atomic E-state index is -0.109. The molecule has 2 fully saturated rings. The topological polar surface area (TPSA) is 84.5 Å². The summed E-state index contributed by atoms with van der Waals surface area (Å²) in [5.41, 5.74) is 6.77. The van der Waals surface area contributed by atoms with Gasteiger partial charge in [0.1, 0.15) is 6.54 Å². The zero-order chi connectivity index (χ0) is 15.0. The van der Waals surface area contributed by atoms with Gasteiger partial charge in [0.25, 0.3) is 0 Å². The van der Waals surface area contributed by atoms with Crippen molar-refractivity contribution in [3.63, 3.8) is 0 Å². The third kappa shape index (κ3) is 2.65. The van der Waals surface area contributed by atoms with Gasteiger partial charge in [-0.05, 0) is 12.8 Å². The van der Waals surface area contributed by atoms with Gasteiger partial charge in [-0.25, -0.2) is 0 Å². The van der Waals surface area contributed by atoms with Crippen LogP contribution in [0.3, 0.4) is 0 Å². The van der Waals surface area contributed by atoms with E-state index < -0.39 is 0 Å². The van der Waals surface area contributed by atoms with Crippen molar-refractivity contribution < 1.29 is 9.59 Å². The molecule has 1 aromatic rings. The van der Waals surface area contributed by atoms with Crippen LogP contribution in [0.4, 0.5) is 5.69 Å². The highest BCUT2D eigenvalue weighted by molar-refractivity contribution is 5.98. The van der Waals surface area contributed by atoms with Crippen molar-refractivity contribution in [1.29, 1.82) is 0 Å². The van der Waals surface area contributed by atoms with Crippen LogP contribution in [0, 0.1) is 5.92 Å². The first kappa shape index (κ1) is 14.1. The lowest BCUT2D eigenvalue weighted by molar-refractivity contribution is -0.140. The van der Waals surface area contributed by atoms with Gasteiger partial charge in [-0.3, -0.25) is 14.3 Å². The second-order valence-electron chi connectivity index (χ2n) is 5.88. The maximum atomic E-state index is 12.5. The molecule has 1 aliphatic heterocycles. The fourth-order valence-corrected chi connectivity index (χ4v) is 3.21. The average molecular weight is 291 g/mol. The molecule has 1 aliphatic carbocycles. The van der Waals surface area contributed by atoms with E-state index >= 15 is 0 Å². The van der Waals surface area contributed by atoms with E-state index in [0.717, 1.165) is 24.9 Å². The summed E-state index contributed by atoms with van der Waals surface area (Å²) in [5.74, 6) is -0.129. The van der Waals surface area contributed by atoms with Crippen molar-refractivity contribution in [3.05, 3.63) is 12.4 Å². The fraction of sp³-hybridized carbons (Fsp3) is 0.643. The molecule has 1 saturated carbocycles. The van der Waals surface area contributed by atoms with Crippen LogP contribution in [0.15, 0.2) is 12.4 Å². The Hall–Kier alpha value is -1.89. The van der Waals surface area contributed by atoms with Crippen LogP contribution in [0.2, 0.25) is 0 Å². The van der Waals surface area contributed by atoms with Crippen molar-refractivity contribution in [3.8, 4) is 0 Å². The Morgan fingerprint density at radius 2 is 2.19 bits per heavy atom. The summed E-state index contributed by atoms with van der Waals surface area (Å²) in [6.45, 7) is 1.21. The molecule has 2 heterocycles. The van der Waals surface area contributed by atoms with E-state index in [9.17, 15) is 9.59 Å². The van der Waals surface area contributed by atoms with Crippen molar-refractivity contribution in [2.45, 2.75) is 25.3 Å². The molecule has 0 bridgehead atoms. The molecule has 1 saturated heterocycles. The molecule has 1 aromatic heterocycles. The standard InChI is InChI=1S/C14H21N5O2/c1-17-8-10(7-16-17)19-6-5-18(9-13(19)20)14(21)11-3-2-4-12(11)15/h7-8,11-12H,2-6,9,15H2,1H3/t11-,12+/m1/s1. The van der Waals surface area contributed by atoms with Crippen LogP contribution in [-0.4, -0.2) is 52.2 Å². The van der Waals surface area contributed by atoms with Crippen molar-refractivity contribution in [2.24, 2.45) is 18.7 Å². The second-order valence-corrected chi connectivity index (χ2v) is 5.88. The number of rotatable bonds is 2. The molecule has 0 unspecified atom stereocenters. The molecule has 7 nitrogen and oxygen atoms in total. The number of hydrogen-bond acceptors (Lipinski definition) is 4. The first-order chi connectivity index (χ1) is 10.1. The zero-order valence-corrected chi connectivity index (χ0v) is 12.2. The quantitative estimate of drug-likeness (QED) is 0.812. The Kier molecular flexibility index (Phi) is 3.67. The summed E-state index contributed by atoms with van der Waals surface area (Å²) in [5, 5.41) is 4.08. The molecular formula is C14H21N5O2. The highest BCUT2D eigenvalue weighted by Crippen LogP contribution is 2.27. The number of aromatic nitrogens is 2. The van der Waals surface area contributed by atoms with Crippen molar-refractivity contribution in [1.82, 2.24) is 14.7 Å². The van der Waals surface area contributed by atoms with Crippen molar-refractivity contribution in [2.75, 3.05) is 24.5 Å². The number of anilines is 1. The Balaban J connectivity index is 1.65. The molecule has 2 N–H and O–H groups in total. The molecule has 2 aliphatic rings. The maximum absolute atomic E-state index is 12.5. The number of amides is 2. The highest BCUT2D eigenvalue weighted by Gasteiger charge is 2.36. The van der Waals surface area contributed by atoms with Gasteiger partial charge in [0, 0.05) is 32.4 Å². The van der Waals surface area contributed by atoms with Gasteiger partial charge in [-0.1, -0.05) is 6.42 Å². The van der Waals surface area contributed by atoms with Gasteiger partial charge in [-0.2, -0.15) is 5.10 Å². The van der Waals surface area contributed by atoms with E-state index in [4.69, 9.17) is 5.73 Å². The first-order valence-corrected chi connectivity index (χ1v) is 7.39. The number of aryl methyl sites for hydroxylation is 1. The number of nitrogens with two attached hydrogens (primary N) is 1. The minimum absolute atomic E-state index is 0.0409. The fourth-order valence-electron chi connectivity index (χ4n) is 3.21. The Morgan fingerprint density at radius 1 is 1.38 bits per heavy atom. The summed E-state index contributed by atoms with van der Waals surface area (Å²) >= 11 is 0. The first-order valence-electron chi connectivity index (χ1n) is 7.39. The molecule has 0 spiro atoms. The van der Waals surface area contributed by atoms with Crippen molar-refractivity contribution >= 4 is 17.5 Å². The number of piperazine rings is 1. The predicted molar refractivity (Wildman–Crippen MR) is 77.5 cm³/mol. The maximum Gasteiger partial charge on any atom is 0.246 e. The van der Waals surface area contributed by atoms with Gasteiger partial charge in [0.05, 0.1) is 17.8 Å². The Bertz CT molecular complexity index is 555. The molecule has 3 rings (SSSR count). The van der Waals surface area contributed by atoms with Crippen LogP contribution in [-0.2, 0) is 16.6 Å². The van der Waals surface area contributed by atoms with E-state index in [2.05, 4.69) is 5.10 Å². The zero-order valence-electron chi connectivity index (χ0n) is 12.2. The summed E-state index contributed by atoms with van der Waals surface area (Å²) in [6.07, 6.45) is 6.22. The van der Waals surface area contributed by atoms with Crippen LogP contribution < -0.4 is 10.6 Å². The molecule has 7 heteroatoms. The van der Waals surface area contributed by atoms with Gasteiger partial charge in [-0.15, -0.1) is 0 Å². The predicted octanol–water partition coefficient (Wildman–Crippen LogP) is -0.277. The van der Waals surface area contributed by atoms with Crippen LogP contribution in [0.1, 0.15) is 19.3 Å². The lowest BCUT2D eigenvalue weighted by Gasteiger charge is -2.35.